The van der Waals surface area contributed by atoms with Crippen molar-refractivity contribution in [1.82, 2.24) is 4.90 Å². The fraction of sp³-hybridized carbons (Fsp3) is 0.179. The van der Waals surface area contributed by atoms with Gasteiger partial charge in [0.15, 0.2) is 11.5 Å². The third-order valence-electron chi connectivity index (χ3n) is 5.38. The lowest BCUT2D eigenvalue weighted by Gasteiger charge is -2.14. The number of hydrogen-bond donors (Lipinski definition) is 0. The summed E-state index contributed by atoms with van der Waals surface area (Å²) in [4.78, 5) is 27.1. The first-order valence-electron chi connectivity index (χ1n) is 11.2. The van der Waals surface area contributed by atoms with E-state index in [1.54, 1.807) is 24.3 Å². The number of carbonyl (C=O) groups is 2. The number of amides is 2. The van der Waals surface area contributed by atoms with E-state index in [0.717, 1.165) is 34.0 Å². The second kappa shape index (κ2) is 10.9. The Morgan fingerprint density at radius 3 is 2.60 bits per heavy atom. The van der Waals surface area contributed by atoms with Crippen molar-refractivity contribution < 1.29 is 19.1 Å². The van der Waals surface area contributed by atoms with Crippen molar-refractivity contribution in [3.63, 3.8) is 0 Å². The lowest BCUT2D eigenvalue weighted by molar-refractivity contribution is -0.123. The predicted molar refractivity (Wildman–Crippen MR) is 136 cm³/mol. The Morgan fingerprint density at radius 2 is 1.83 bits per heavy atom. The second-order valence-electron chi connectivity index (χ2n) is 7.95. The van der Waals surface area contributed by atoms with Crippen molar-refractivity contribution in [2.75, 3.05) is 6.61 Å². The van der Waals surface area contributed by atoms with Crippen molar-refractivity contribution in [1.29, 1.82) is 5.26 Å². The molecule has 3 aromatic rings. The van der Waals surface area contributed by atoms with Gasteiger partial charge in [0, 0.05) is 5.56 Å². The summed E-state index contributed by atoms with van der Waals surface area (Å²) in [6, 6.07) is 22.5. The summed E-state index contributed by atoms with van der Waals surface area (Å²) < 4.78 is 11.7. The molecule has 0 atom stereocenters. The van der Waals surface area contributed by atoms with Gasteiger partial charge in [-0.2, -0.15) is 5.26 Å². The highest BCUT2D eigenvalue weighted by Gasteiger charge is 2.35. The Morgan fingerprint density at radius 1 is 1.00 bits per heavy atom. The Kier molecular flexibility index (Phi) is 7.54. The van der Waals surface area contributed by atoms with Crippen LogP contribution < -0.4 is 9.47 Å². The number of nitrogens with zero attached hydrogens (tertiary/aromatic N) is 2. The Hall–Kier alpha value is -4.02. The van der Waals surface area contributed by atoms with Gasteiger partial charge < -0.3 is 9.47 Å². The molecule has 1 heterocycles. The monoisotopic (exact) mass is 484 g/mol. The van der Waals surface area contributed by atoms with Crippen LogP contribution in [0.5, 0.6) is 11.5 Å². The van der Waals surface area contributed by atoms with Crippen molar-refractivity contribution in [2.45, 2.75) is 27.0 Å². The third-order valence-corrected chi connectivity index (χ3v) is 6.29. The number of thioether (sulfide) groups is 1. The van der Waals surface area contributed by atoms with Gasteiger partial charge in [0.25, 0.3) is 11.1 Å². The maximum absolute atomic E-state index is 12.9. The summed E-state index contributed by atoms with van der Waals surface area (Å²) >= 11 is 0.931. The normalized spacial score (nSPS) is 14.3. The van der Waals surface area contributed by atoms with Gasteiger partial charge >= 0.3 is 0 Å². The van der Waals surface area contributed by atoms with E-state index in [4.69, 9.17) is 9.47 Å². The highest BCUT2D eigenvalue weighted by molar-refractivity contribution is 8.18. The zero-order chi connectivity index (χ0) is 24.8. The number of benzene rings is 3. The minimum atomic E-state index is -0.312. The molecule has 6 nitrogen and oxygen atoms in total. The summed E-state index contributed by atoms with van der Waals surface area (Å²) in [5, 5.41) is 9.00. The molecule has 176 valence electrons. The number of hydrogen-bond acceptors (Lipinski definition) is 6. The molecule has 1 fully saturated rings. The van der Waals surface area contributed by atoms with Crippen LogP contribution in [0.25, 0.3) is 6.08 Å². The highest BCUT2D eigenvalue weighted by atomic mass is 32.2. The molecule has 0 unspecified atom stereocenters. The maximum atomic E-state index is 12.9. The van der Waals surface area contributed by atoms with Crippen molar-refractivity contribution in [2.24, 2.45) is 0 Å². The van der Waals surface area contributed by atoms with Crippen molar-refractivity contribution in [3.8, 4) is 17.6 Å². The molecule has 35 heavy (non-hydrogen) atoms. The lowest BCUT2D eigenvalue weighted by Crippen LogP contribution is -2.27. The van der Waals surface area contributed by atoms with E-state index in [0.29, 0.717) is 28.6 Å². The van der Waals surface area contributed by atoms with Gasteiger partial charge in [-0.3, -0.25) is 14.5 Å². The molecule has 0 aromatic heterocycles. The Bertz CT molecular complexity index is 1340. The molecule has 3 aromatic carbocycles. The largest absolute Gasteiger partial charge is 0.490 e. The first kappa shape index (κ1) is 24.1. The Balaban J connectivity index is 1.52. The molecule has 7 heteroatoms. The smallest absolute Gasteiger partial charge is 0.293 e. The molecule has 2 amide bonds. The number of imide groups is 1. The summed E-state index contributed by atoms with van der Waals surface area (Å²) in [7, 11) is 0. The van der Waals surface area contributed by atoms with E-state index in [1.165, 1.54) is 4.90 Å². The van der Waals surface area contributed by atoms with E-state index in [2.05, 4.69) is 6.07 Å². The van der Waals surface area contributed by atoms with Gasteiger partial charge in [0.05, 0.1) is 29.7 Å². The maximum Gasteiger partial charge on any atom is 0.293 e. The molecule has 4 rings (SSSR count). The number of nitriles is 1. The van der Waals surface area contributed by atoms with Gasteiger partial charge in [0.2, 0.25) is 0 Å². The lowest BCUT2D eigenvalue weighted by atomic mass is 10.1. The molecular formula is C28H24N2O4S. The van der Waals surface area contributed by atoms with Gasteiger partial charge in [-0.1, -0.05) is 54.1 Å². The molecular weight excluding hydrogens is 460 g/mol. The molecule has 0 N–H and O–H groups in total. The molecule has 0 saturated carbocycles. The van der Waals surface area contributed by atoms with Crippen LogP contribution in [-0.4, -0.2) is 22.7 Å². The molecule has 1 saturated heterocycles. The number of rotatable bonds is 8. The summed E-state index contributed by atoms with van der Waals surface area (Å²) in [5.41, 5.74) is 4.05. The SMILES string of the molecule is CCOc1cc(/C=C2/SC(=O)N(Cc3cccc(C)c3)C2=O)ccc1OCc1ccccc1C#N. The zero-order valence-corrected chi connectivity index (χ0v) is 20.3. The predicted octanol–water partition coefficient (Wildman–Crippen LogP) is 6.08. The molecule has 0 aliphatic carbocycles. The second-order valence-corrected chi connectivity index (χ2v) is 8.95. The molecule has 0 spiro atoms. The van der Waals surface area contributed by atoms with Crippen LogP contribution in [0.2, 0.25) is 0 Å². The van der Waals surface area contributed by atoms with Crippen LogP contribution in [-0.2, 0) is 17.9 Å². The van der Waals surface area contributed by atoms with E-state index < -0.39 is 0 Å². The van der Waals surface area contributed by atoms with Gasteiger partial charge in [-0.15, -0.1) is 0 Å². The van der Waals surface area contributed by atoms with Crippen molar-refractivity contribution >= 4 is 29.0 Å². The summed E-state index contributed by atoms with van der Waals surface area (Å²) in [6.07, 6.45) is 1.69. The first-order chi connectivity index (χ1) is 17.0. The topological polar surface area (TPSA) is 79.6 Å². The zero-order valence-electron chi connectivity index (χ0n) is 19.5. The Labute approximate surface area is 208 Å². The molecule has 0 bridgehead atoms. The van der Waals surface area contributed by atoms with E-state index in [-0.39, 0.29) is 24.3 Å². The minimum absolute atomic E-state index is 0.223. The van der Waals surface area contributed by atoms with Gasteiger partial charge in [0.1, 0.15) is 6.61 Å². The van der Waals surface area contributed by atoms with Crippen LogP contribution in [0.1, 0.15) is 34.7 Å². The van der Waals surface area contributed by atoms with Gasteiger partial charge in [-0.25, -0.2) is 0 Å². The average molecular weight is 485 g/mol. The van der Waals surface area contributed by atoms with E-state index in [1.807, 2.05) is 62.4 Å². The quantitative estimate of drug-likeness (QED) is 0.361. The van der Waals surface area contributed by atoms with Crippen LogP contribution in [0.4, 0.5) is 4.79 Å². The molecule has 0 radical (unpaired) electrons. The van der Waals surface area contributed by atoms with E-state index >= 15 is 0 Å². The fourth-order valence-electron chi connectivity index (χ4n) is 3.69. The van der Waals surface area contributed by atoms with Crippen LogP contribution >= 0.6 is 11.8 Å². The summed E-state index contributed by atoms with van der Waals surface area (Å²) in [5.74, 6) is 0.742. The van der Waals surface area contributed by atoms with E-state index in [9.17, 15) is 14.9 Å². The number of aryl methyl sites for hydroxylation is 1. The van der Waals surface area contributed by atoms with Crippen molar-refractivity contribution in [3.05, 3.63) is 99.5 Å². The highest BCUT2D eigenvalue weighted by Crippen LogP contribution is 2.35. The van der Waals surface area contributed by atoms with Crippen LogP contribution in [0, 0.1) is 18.3 Å². The minimum Gasteiger partial charge on any atom is -0.490 e. The van der Waals surface area contributed by atoms with Gasteiger partial charge in [-0.05, 0) is 61.0 Å². The fourth-order valence-corrected chi connectivity index (χ4v) is 4.53. The molecule has 1 aliphatic rings. The third kappa shape index (κ3) is 5.73. The standard InChI is InChI=1S/C28H24N2O4S/c1-3-33-25-14-20(11-12-24(25)34-18-23-10-5-4-9-22(23)16-29)15-26-27(31)30(28(32)35-26)17-21-8-6-7-19(2)13-21/h4-15H,3,17-18H2,1-2H3/b26-15+. The first-order valence-corrected chi connectivity index (χ1v) is 12.0. The summed E-state index contributed by atoms with van der Waals surface area (Å²) in [6.45, 7) is 4.74. The number of ether oxygens (including phenoxy) is 2. The molecule has 1 aliphatic heterocycles. The van der Waals surface area contributed by atoms with Crippen LogP contribution in [0.3, 0.4) is 0 Å². The average Bonchev–Trinajstić information content (AvgIpc) is 3.11. The van der Waals surface area contributed by atoms with Crippen LogP contribution in [0.15, 0.2) is 71.6 Å². The number of carbonyl (C=O) groups excluding carboxylic acids is 2.